The molecule has 18 heavy (non-hydrogen) atoms. The van der Waals surface area contributed by atoms with Gasteiger partial charge in [0.2, 0.25) is 0 Å². The smallest absolute Gasteiger partial charge is 0.406 e. The number of alkyl halides is 3. The monoisotopic (exact) mass is 323 g/mol. The molecule has 0 N–H and O–H groups in total. The number of carbonyl (C=O) groups is 1. The molecular weight excluding hydrogens is 315 g/mol. The van der Waals surface area contributed by atoms with Crippen LogP contribution in [-0.4, -0.2) is 30.3 Å². The van der Waals surface area contributed by atoms with Gasteiger partial charge in [-0.2, -0.15) is 0 Å². The molecule has 0 saturated carbocycles. The Morgan fingerprint density at radius 2 is 2.00 bits per heavy atom. The summed E-state index contributed by atoms with van der Waals surface area (Å²) in [7, 11) is 0. The number of hydrogen-bond acceptors (Lipinski definition) is 2. The van der Waals surface area contributed by atoms with Crippen molar-refractivity contribution in [1.82, 2.24) is 4.90 Å². The number of likely N-dealkylation sites (tertiary alicyclic amines) is 1. The molecule has 1 aromatic carbocycles. The summed E-state index contributed by atoms with van der Waals surface area (Å²) in [5.41, 5.74) is 0.177. The van der Waals surface area contributed by atoms with E-state index in [0.717, 1.165) is 18.6 Å². The molecule has 0 atom stereocenters. The third kappa shape index (κ3) is 2.95. The summed E-state index contributed by atoms with van der Waals surface area (Å²) in [6, 6.07) is 3.62. The Morgan fingerprint density at radius 3 is 2.50 bits per heavy atom. The molecule has 1 saturated heterocycles. The lowest BCUT2D eigenvalue weighted by Gasteiger charge is -2.31. The SMILES string of the molecule is O=C(c1cc(OC(F)(F)F)ccc1Br)N1CCC1. The van der Waals surface area contributed by atoms with E-state index >= 15 is 0 Å². The van der Waals surface area contributed by atoms with E-state index < -0.39 is 12.1 Å². The zero-order valence-corrected chi connectivity index (χ0v) is 10.7. The van der Waals surface area contributed by atoms with Crippen molar-refractivity contribution in [1.29, 1.82) is 0 Å². The van der Waals surface area contributed by atoms with Crippen LogP contribution in [0, 0.1) is 0 Å². The van der Waals surface area contributed by atoms with E-state index in [1.807, 2.05) is 0 Å². The van der Waals surface area contributed by atoms with Crippen LogP contribution in [0.25, 0.3) is 0 Å². The normalized spacial score (nSPS) is 15.2. The van der Waals surface area contributed by atoms with Gasteiger partial charge in [-0.15, -0.1) is 13.2 Å². The van der Waals surface area contributed by atoms with E-state index in [-0.39, 0.29) is 11.5 Å². The first kappa shape index (κ1) is 13.2. The number of amides is 1. The summed E-state index contributed by atoms with van der Waals surface area (Å²) in [6.07, 6.45) is -3.84. The second-order valence-corrected chi connectivity index (χ2v) is 4.69. The zero-order chi connectivity index (χ0) is 13.3. The molecule has 0 bridgehead atoms. The van der Waals surface area contributed by atoms with Gasteiger partial charge < -0.3 is 9.64 Å². The highest BCUT2D eigenvalue weighted by molar-refractivity contribution is 9.10. The van der Waals surface area contributed by atoms with E-state index in [4.69, 9.17) is 0 Å². The van der Waals surface area contributed by atoms with Gasteiger partial charge in [-0.05, 0) is 40.5 Å². The maximum Gasteiger partial charge on any atom is 0.573 e. The van der Waals surface area contributed by atoms with Crippen LogP contribution in [0.5, 0.6) is 5.75 Å². The average molecular weight is 324 g/mol. The minimum absolute atomic E-state index is 0.177. The quantitative estimate of drug-likeness (QED) is 0.836. The Bertz CT molecular complexity index is 472. The molecule has 1 fully saturated rings. The van der Waals surface area contributed by atoms with E-state index in [2.05, 4.69) is 20.7 Å². The number of nitrogens with zero attached hydrogens (tertiary/aromatic N) is 1. The number of rotatable bonds is 2. The van der Waals surface area contributed by atoms with Crippen molar-refractivity contribution in [3.8, 4) is 5.75 Å². The fourth-order valence-corrected chi connectivity index (χ4v) is 1.97. The molecule has 1 aliphatic rings. The van der Waals surface area contributed by atoms with Crippen LogP contribution in [-0.2, 0) is 0 Å². The lowest BCUT2D eigenvalue weighted by molar-refractivity contribution is -0.274. The maximum absolute atomic E-state index is 12.1. The molecule has 1 amide bonds. The molecule has 0 spiro atoms. The summed E-state index contributed by atoms with van der Waals surface area (Å²) in [6.45, 7) is 1.27. The van der Waals surface area contributed by atoms with Crippen molar-refractivity contribution in [2.75, 3.05) is 13.1 Å². The van der Waals surface area contributed by atoms with Gasteiger partial charge in [-0.25, -0.2) is 0 Å². The number of ether oxygens (including phenoxy) is 1. The predicted molar refractivity (Wildman–Crippen MR) is 61.3 cm³/mol. The van der Waals surface area contributed by atoms with Gasteiger partial charge in [0.25, 0.3) is 5.91 Å². The molecular formula is C11H9BrF3NO2. The Balaban J connectivity index is 2.23. The summed E-state index contributed by atoms with van der Waals surface area (Å²) >= 11 is 3.15. The average Bonchev–Trinajstić information content (AvgIpc) is 2.16. The van der Waals surface area contributed by atoms with E-state index in [1.54, 1.807) is 4.90 Å². The summed E-state index contributed by atoms with van der Waals surface area (Å²) < 4.78 is 40.5. The van der Waals surface area contributed by atoms with E-state index in [0.29, 0.717) is 17.6 Å². The zero-order valence-electron chi connectivity index (χ0n) is 9.13. The molecule has 1 aromatic rings. The molecule has 2 rings (SSSR count). The molecule has 0 aliphatic carbocycles. The first-order chi connectivity index (χ1) is 8.37. The Morgan fingerprint density at radius 1 is 1.33 bits per heavy atom. The molecule has 0 unspecified atom stereocenters. The molecule has 1 heterocycles. The molecule has 0 radical (unpaired) electrons. The van der Waals surface area contributed by atoms with Crippen LogP contribution >= 0.6 is 15.9 Å². The van der Waals surface area contributed by atoms with Gasteiger partial charge in [0.15, 0.2) is 0 Å². The van der Waals surface area contributed by atoms with Gasteiger partial charge in [0.05, 0.1) is 5.56 Å². The predicted octanol–water partition coefficient (Wildman–Crippen LogP) is 3.19. The third-order valence-corrected chi connectivity index (χ3v) is 3.24. The Hall–Kier alpha value is -1.24. The number of halogens is 4. The fourth-order valence-electron chi connectivity index (χ4n) is 1.56. The maximum atomic E-state index is 12.1. The molecule has 1 aliphatic heterocycles. The van der Waals surface area contributed by atoms with Crippen LogP contribution < -0.4 is 4.74 Å². The lowest BCUT2D eigenvalue weighted by Crippen LogP contribution is -2.42. The second kappa shape index (κ2) is 4.79. The standard InChI is InChI=1S/C11H9BrF3NO2/c12-9-3-2-7(18-11(13,14)15)6-8(9)10(17)16-4-1-5-16/h2-3,6H,1,4-5H2. The lowest BCUT2D eigenvalue weighted by atomic mass is 10.1. The Kier molecular flexibility index (Phi) is 3.52. The van der Waals surface area contributed by atoms with Gasteiger partial charge in [-0.1, -0.05) is 0 Å². The van der Waals surface area contributed by atoms with E-state index in [1.165, 1.54) is 6.07 Å². The Labute approximate surface area is 110 Å². The van der Waals surface area contributed by atoms with Gasteiger partial charge >= 0.3 is 6.36 Å². The van der Waals surface area contributed by atoms with Gasteiger partial charge in [-0.3, -0.25) is 4.79 Å². The van der Waals surface area contributed by atoms with Crippen LogP contribution in [0.15, 0.2) is 22.7 Å². The fraction of sp³-hybridized carbons (Fsp3) is 0.364. The number of hydrogen-bond donors (Lipinski definition) is 0. The highest BCUT2D eigenvalue weighted by Gasteiger charge is 2.32. The molecule has 0 aromatic heterocycles. The van der Waals surface area contributed by atoms with Crippen LogP contribution in [0.3, 0.4) is 0 Å². The van der Waals surface area contributed by atoms with Crippen LogP contribution in [0.2, 0.25) is 0 Å². The van der Waals surface area contributed by atoms with Crippen molar-refractivity contribution in [2.45, 2.75) is 12.8 Å². The van der Waals surface area contributed by atoms with Crippen molar-refractivity contribution < 1.29 is 22.7 Å². The summed E-state index contributed by atoms with van der Waals surface area (Å²) in [5, 5.41) is 0. The highest BCUT2D eigenvalue weighted by Crippen LogP contribution is 2.28. The molecule has 98 valence electrons. The summed E-state index contributed by atoms with van der Waals surface area (Å²) in [4.78, 5) is 13.5. The van der Waals surface area contributed by atoms with Gasteiger partial charge in [0.1, 0.15) is 5.75 Å². The van der Waals surface area contributed by atoms with Crippen molar-refractivity contribution in [2.24, 2.45) is 0 Å². The van der Waals surface area contributed by atoms with Crippen LogP contribution in [0.1, 0.15) is 16.8 Å². The minimum Gasteiger partial charge on any atom is -0.406 e. The minimum atomic E-state index is -4.76. The van der Waals surface area contributed by atoms with Crippen LogP contribution in [0.4, 0.5) is 13.2 Å². The van der Waals surface area contributed by atoms with Crippen molar-refractivity contribution in [3.05, 3.63) is 28.2 Å². The molecule has 3 nitrogen and oxygen atoms in total. The van der Waals surface area contributed by atoms with Crippen molar-refractivity contribution in [3.63, 3.8) is 0 Å². The highest BCUT2D eigenvalue weighted by atomic mass is 79.9. The first-order valence-corrected chi connectivity index (χ1v) is 6.01. The number of carbonyl (C=O) groups excluding carboxylic acids is 1. The second-order valence-electron chi connectivity index (χ2n) is 3.84. The molecule has 7 heteroatoms. The topological polar surface area (TPSA) is 29.5 Å². The van der Waals surface area contributed by atoms with Gasteiger partial charge in [0, 0.05) is 17.6 Å². The largest absolute Gasteiger partial charge is 0.573 e. The van der Waals surface area contributed by atoms with E-state index in [9.17, 15) is 18.0 Å². The first-order valence-electron chi connectivity index (χ1n) is 5.21. The number of benzene rings is 1. The third-order valence-electron chi connectivity index (χ3n) is 2.55. The van der Waals surface area contributed by atoms with Crippen molar-refractivity contribution >= 4 is 21.8 Å². The summed E-state index contributed by atoms with van der Waals surface area (Å²) in [5.74, 6) is -0.685.